The number of hydrogen-bond donors (Lipinski definition) is 0. The number of rotatable bonds is 3. The average molecular weight is 406 g/mol. The van der Waals surface area contributed by atoms with E-state index in [1.165, 1.54) is 17.4 Å². The van der Waals surface area contributed by atoms with Crippen molar-refractivity contribution in [3.8, 4) is 12.3 Å². The predicted octanol–water partition coefficient (Wildman–Crippen LogP) is 3.34. The van der Waals surface area contributed by atoms with E-state index in [4.69, 9.17) is 10.8 Å². The van der Waals surface area contributed by atoms with E-state index in [0.29, 0.717) is 4.80 Å². The maximum absolute atomic E-state index is 12.2. The van der Waals surface area contributed by atoms with Crippen LogP contribution < -0.4 is 4.80 Å². The molecule has 0 aliphatic rings. The fourth-order valence-electron chi connectivity index (χ4n) is 2.06. The first-order chi connectivity index (χ1) is 11.5. The summed E-state index contributed by atoms with van der Waals surface area (Å²) in [4.78, 5) is 26.5. The van der Waals surface area contributed by atoms with Crippen molar-refractivity contribution in [3.63, 3.8) is 0 Å². The second-order valence-corrected chi connectivity index (χ2v) is 6.52. The number of thiazole rings is 1. The summed E-state index contributed by atoms with van der Waals surface area (Å²) in [6.45, 7) is 0.242. The van der Waals surface area contributed by atoms with Gasteiger partial charge in [0.2, 0.25) is 5.76 Å². The average Bonchev–Trinajstić information content (AvgIpc) is 3.13. The molecular weight excluding hydrogens is 398 g/mol. The van der Waals surface area contributed by atoms with Crippen molar-refractivity contribution in [2.24, 2.45) is 4.99 Å². The van der Waals surface area contributed by atoms with Crippen molar-refractivity contribution in [3.05, 3.63) is 55.5 Å². The van der Waals surface area contributed by atoms with Crippen LogP contribution in [0.3, 0.4) is 0 Å². The van der Waals surface area contributed by atoms with E-state index in [1.54, 1.807) is 4.57 Å². The minimum Gasteiger partial charge on any atom is -0.395 e. The van der Waals surface area contributed by atoms with Gasteiger partial charge >= 0.3 is 11.8 Å². The molecule has 9 heteroatoms. The van der Waals surface area contributed by atoms with Crippen LogP contribution in [-0.2, 0) is 6.54 Å². The smallest absolute Gasteiger partial charge is 0.395 e. The number of nitrogens with zero attached hydrogens (tertiary/aromatic N) is 3. The molecule has 1 amide bonds. The Morgan fingerprint density at radius 1 is 1.46 bits per heavy atom. The molecule has 0 aliphatic carbocycles. The summed E-state index contributed by atoms with van der Waals surface area (Å²) in [6, 6.07) is 7.96. The van der Waals surface area contributed by atoms with Gasteiger partial charge in [-0.1, -0.05) is 33.2 Å². The lowest BCUT2D eigenvalue weighted by atomic mass is 10.3. The molecule has 120 valence electrons. The quantitative estimate of drug-likeness (QED) is 0.379. The minimum absolute atomic E-state index is 0.201. The number of carbonyl (C=O) groups is 1. The molecule has 3 rings (SSSR count). The van der Waals surface area contributed by atoms with E-state index in [9.17, 15) is 14.9 Å². The predicted molar refractivity (Wildman–Crippen MR) is 91.6 cm³/mol. The van der Waals surface area contributed by atoms with E-state index in [-0.39, 0.29) is 12.3 Å². The molecule has 0 saturated heterocycles. The molecule has 0 unspecified atom stereocenters. The van der Waals surface area contributed by atoms with Crippen LogP contribution in [0, 0.1) is 22.5 Å². The van der Waals surface area contributed by atoms with Gasteiger partial charge in [-0.05, 0) is 24.3 Å². The summed E-state index contributed by atoms with van der Waals surface area (Å²) in [5.41, 5.74) is 0.845. The second kappa shape index (κ2) is 6.43. The van der Waals surface area contributed by atoms with Crippen LogP contribution >= 0.6 is 27.3 Å². The van der Waals surface area contributed by atoms with E-state index in [2.05, 4.69) is 26.8 Å². The van der Waals surface area contributed by atoms with Crippen LogP contribution in [0.15, 0.2) is 44.2 Å². The third kappa shape index (κ3) is 3.02. The monoisotopic (exact) mass is 405 g/mol. The molecule has 0 spiro atoms. The van der Waals surface area contributed by atoms with Gasteiger partial charge in [-0.2, -0.15) is 4.99 Å². The standard InChI is InChI=1S/C15H8BrN3O4S/c1-2-7-18-10-4-3-9(16)8-12(10)24-15(18)17-14(20)11-5-6-13(23-11)19(21)22/h1,3-6,8H,7H2. The third-order valence-corrected chi connectivity index (χ3v) is 4.61. The Bertz CT molecular complexity index is 1070. The Hall–Kier alpha value is -2.70. The number of aromatic nitrogens is 1. The highest BCUT2D eigenvalue weighted by molar-refractivity contribution is 9.10. The molecule has 0 saturated carbocycles. The van der Waals surface area contributed by atoms with Crippen molar-refractivity contribution >= 4 is 49.3 Å². The Morgan fingerprint density at radius 3 is 2.92 bits per heavy atom. The molecule has 0 aliphatic heterocycles. The van der Waals surface area contributed by atoms with Crippen molar-refractivity contribution in [1.29, 1.82) is 0 Å². The lowest BCUT2D eigenvalue weighted by Gasteiger charge is -1.99. The Kier molecular flexibility index (Phi) is 4.33. The van der Waals surface area contributed by atoms with E-state index in [1.807, 2.05) is 18.2 Å². The van der Waals surface area contributed by atoms with Crippen molar-refractivity contribution in [2.75, 3.05) is 0 Å². The van der Waals surface area contributed by atoms with Crippen LogP contribution in [-0.4, -0.2) is 15.4 Å². The molecule has 24 heavy (non-hydrogen) atoms. The number of fused-ring (bicyclic) bond motifs is 1. The number of benzene rings is 1. The molecule has 0 radical (unpaired) electrons. The number of nitro groups is 1. The number of furan rings is 1. The topological polar surface area (TPSA) is 90.6 Å². The SMILES string of the molecule is C#CCn1c(=NC(=O)c2ccc([N+](=O)[O-])o2)sc2cc(Br)ccc21. The number of carbonyl (C=O) groups excluding carboxylic acids is 1. The summed E-state index contributed by atoms with van der Waals surface area (Å²) in [6.07, 6.45) is 5.39. The number of terminal acetylenes is 1. The maximum Gasteiger partial charge on any atom is 0.433 e. The van der Waals surface area contributed by atoms with Crippen LogP contribution in [0.5, 0.6) is 0 Å². The molecule has 0 N–H and O–H groups in total. The molecule has 7 nitrogen and oxygen atoms in total. The summed E-state index contributed by atoms with van der Waals surface area (Å²) in [5.74, 6) is 1.10. The second-order valence-electron chi connectivity index (χ2n) is 4.60. The molecule has 3 aromatic rings. The first-order valence-corrected chi connectivity index (χ1v) is 8.16. The van der Waals surface area contributed by atoms with Crippen LogP contribution in [0.1, 0.15) is 10.6 Å². The largest absolute Gasteiger partial charge is 0.433 e. The first kappa shape index (κ1) is 16.2. The summed E-state index contributed by atoms with van der Waals surface area (Å²) >= 11 is 4.68. The van der Waals surface area contributed by atoms with Gasteiger partial charge in [0.15, 0.2) is 4.80 Å². The van der Waals surface area contributed by atoms with Gasteiger partial charge in [0, 0.05) is 4.47 Å². The molecule has 1 aromatic carbocycles. The highest BCUT2D eigenvalue weighted by Crippen LogP contribution is 2.22. The highest BCUT2D eigenvalue weighted by atomic mass is 79.9. The molecular formula is C15H8BrN3O4S. The summed E-state index contributed by atoms with van der Waals surface area (Å²) < 4.78 is 8.39. The Morgan fingerprint density at radius 2 is 2.25 bits per heavy atom. The van der Waals surface area contributed by atoms with Gasteiger partial charge in [0.1, 0.15) is 4.92 Å². The zero-order valence-corrected chi connectivity index (χ0v) is 14.3. The molecule has 2 aromatic heterocycles. The summed E-state index contributed by atoms with van der Waals surface area (Å²) in [7, 11) is 0. The van der Waals surface area contributed by atoms with Crippen molar-refractivity contribution < 1.29 is 14.1 Å². The van der Waals surface area contributed by atoms with Gasteiger partial charge in [0.25, 0.3) is 0 Å². The number of hydrogen-bond acceptors (Lipinski definition) is 5. The first-order valence-electron chi connectivity index (χ1n) is 6.55. The molecule has 0 atom stereocenters. The van der Waals surface area contributed by atoms with Gasteiger partial charge < -0.3 is 8.98 Å². The normalized spacial score (nSPS) is 11.6. The zero-order valence-electron chi connectivity index (χ0n) is 11.9. The Balaban J connectivity index is 2.11. The highest BCUT2D eigenvalue weighted by Gasteiger charge is 2.17. The fourth-order valence-corrected chi connectivity index (χ4v) is 3.64. The van der Waals surface area contributed by atoms with E-state index >= 15 is 0 Å². The Labute approximate surface area is 147 Å². The number of halogens is 1. The third-order valence-electron chi connectivity index (χ3n) is 3.07. The van der Waals surface area contributed by atoms with E-state index < -0.39 is 16.7 Å². The minimum atomic E-state index is -0.716. The van der Waals surface area contributed by atoms with Crippen LogP contribution in [0.25, 0.3) is 10.2 Å². The van der Waals surface area contributed by atoms with E-state index in [0.717, 1.165) is 20.8 Å². The van der Waals surface area contributed by atoms with Gasteiger partial charge in [-0.3, -0.25) is 14.9 Å². The van der Waals surface area contributed by atoms with Crippen molar-refractivity contribution in [2.45, 2.75) is 6.54 Å². The molecule has 2 heterocycles. The lowest BCUT2D eigenvalue weighted by molar-refractivity contribution is -0.402. The fraction of sp³-hybridized carbons (Fsp3) is 0.0667. The van der Waals surface area contributed by atoms with Crippen LogP contribution in [0.4, 0.5) is 5.88 Å². The van der Waals surface area contributed by atoms with Gasteiger partial charge in [-0.25, -0.2) is 0 Å². The van der Waals surface area contributed by atoms with Gasteiger partial charge in [0.05, 0.1) is 22.8 Å². The van der Waals surface area contributed by atoms with Crippen molar-refractivity contribution in [1.82, 2.24) is 4.57 Å². The lowest BCUT2D eigenvalue weighted by Crippen LogP contribution is -2.16. The van der Waals surface area contributed by atoms with Gasteiger partial charge in [-0.15, -0.1) is 6.42 Å². The maximum atomic E-state index is 12.2. The molecule has 0 bridgehead atoms. The van der Waals surface area contributed by atoms with Crippen LogP contribution in [0.2, 0.25) is 0 Å². The summed E-state index contributed by atoms with van der Waals surface area (Å²) in [5, 5.41) is 10.6. The zero-order chi connectivity index (χ0) is 17.3. The number of amides is 1. The molecule has 0 fully saturated rings.